The van der Waals surface area contributed by atoms with Crippen LogP contribution in [0.4, 0.5) is 10.5 Å². The molecule has 4 aromatic heterocycles. The average molecular weight is 585 g/mol. The number of fused-ring (bicyclic) bond motifs is 1. The Balaban J connectivity index is 1.15. The van der Waals surface area contributed by atoms with Gasteiger partial charge in [0.2, 0.25) is 0 Å². The number of nitrogens with zero attached hydrogens (tertiary/aromatic N) is 8. The van der Waals surface area contributed by atoms with Crippen LogP contribution >= 0.6 is 0 Å². The van der Waals surface area contributed by atoms with E-state index in [9.17, 15) is 9.59 Å². The molecule has 2 atom stereocenters. The first kappa shape index (κ1) is 28.8. The molecule has 1 saturated heterocycles. The van der Waals surface area contributed by atoms with E-state index in [-0.39, 0.29) is 23.7 Å². The van der Waals surface area contributed by atoms with Crippen LogP contribution in [0.25, 0.3) is 17.0 Å². The smallest absolute Gasteiger partial charge is 0.410 e. The maximum absolute atomic E-state index is 13.2. The minimum atomic E-state index is -0.519. The van der Waals surface area contributed by atoms with Crippen LogP contribution in [-0.4, -0.2) is 71.6 Å². The van der Waals surface area contributed by atoms with Crippen molar-refractivity contribution in [3.8, 4) is 11.4 Å². The summed E-state index contributed by atoms with van der Waals surface area (Å²) in [4.78, 5) is 39.5. The second-order valence-electron chi connectivity index (χ2n) is 12.8. The van der Waals surface area contributed by atoms with Gasteiger partial charge in [-0.15, -0.1) is 5.10 Å². The lowest BCUT2D eigenvalue weighted by Gasteiger charge is -2.43. The van der Waals surface area contributed by atoms with Crippen molar-refractivity contribution < 1.29 is 9.53 Å². The van der Waals surface area contributed by atoms with Crippen LogP contribution in [0.1, 0.15) is 71.5 Å². The highest BCUT2D eigenvalue weighted by Crippen LogP contribution is 2.31. The zero-order chi connectivity index (χ0) is 30.1. The highest BCUT2D eigenvalue weighted by atomic mass is 16.6. The quantitative estimate of drug-likeness (QED) is 0.300. The van der Waals surface area contributed by atoms with Gasteiger partial charge in [0.15, 0.2) is 0 Å². The van der Waals surface area contributed by atoms with E-state index in [4.69, 9.17) is 9.72 Å². The Morgan fingerprint density at radius 3 is 2.67 bits per heavy atom. The molecule has 4 aromatic rings. The number of anilines is 1. The first-order valence-electron chi connectivity index (χ1n) is 15.3. The van der Waals surface area contributed by atoms with Crippen molar-refractivity contribution in [2.75, 3.05) is 24.5 Å². The number of rotatable bonds is 7. The maximum atomic E-state index is 13.2. The largest absolute Gasteiger partial charge is 0.444 e. The van der Waals surface area contributed by atoms with Gasteiger partial charge in [-0.3, -0.25) is 14.2 Å². The highest BCUT2D eigenvalue weighted by molar-refractivity contribution is 5.69. The molecule has 43 heavy (non-hydrogen) atoms. The van der Waals surface area contributed by atoms with Gasteiger partial charge in [-0.2, -0.15) is 0 Å². The van der Waals surface area contributed by atoms with E-state index in [1.165, 1.54) is 29.7 Å². The summed E-state index contributed by atoms with van der Waals surface area (Å²) < 4.78 is 9.06. The number of aromatic nitrogens is 6. The molecule has 6 rings (SSSR count). The van der Waals surface area contributed by atoms with E-state index in [2.05, 4.69) is 26.3 Å². The van der Waals surface area contributed by atoms with Gasteiger partial charge in [0.05, 0.1) is 35.9 Å². The summed E-state index contributed by atoms with van der Waals surface area (Å²) in [6.45, 7) is 10.2. The predicted octanol–water partition coefficient (Wildman–Crippen LogP) is 4.96. The van der Waals surface area contributed by atoms with Gasteiger partial charge in [-0.05, 0) is 83.6 Å². The second-order valence-corrected chi connectivity index (χ2v) is 12.8. The van der Waals surface area contributed by atoms with Crippen molar-refractivity contribution in [3.63, 3.8) is 0 Å². The molecule has 5 heterocycles. The van der Waals surface area contributed by atoms with Crippen LogP contribution in [-0.2, 0) is 4.74 Å². The summed E-state index contributed by atoms with van der Waals surface area (Å²) in [6.07, 6.45) is 10.8. The van der Waals surface area contributed by atoms with Gasteiger partial charge in [0.25, 0.3) is 5.56 Å². The first-order chi connectivity index (χ1) is 20.6. The molecular formula is C32H40N8O3. The lowest BCUT2D eigenvalue weighted by molar-refractivity contribution is 0.00736. The van der Waals surface area contributed by atoms with Gasteiger partial charge in [0, 0.05) is 31.9 Å². The Kier molecular flexibility index (Phi) is 7.89. The van der Waals surface area contributed by atoms with E-state index in [0.717, 1.165) is 43.9 Å². The van der Waals surface area contributed by atoms with Crippen LogP contribution in [0, 0.1) is 5.92 Å². The van der Waals surface area contributed by atoms with Crippen molar-refractivity contribution in [1.82, 2.24) is 34.3 Å². The molecule has 1 aliphatic carbocycles. The molecule has 2 fully saturated rings. The molecule has 11 heteroatoms. The number of hydrogen-bond acceptors (Lipinski definition) is 8. The number of carbonyl (C=O) groups is 1. The fourth-order valence-electron chi connectivity index (χ4n) is 5.83. The van der Waals surface area contributed by atoms with Gasteiger partial charge in [-0.25, -0.2) is 14.5 Å². The minimum absolute atomic E-state index is 0.105. The summed E-state index contributed by atoms with van der Waals surface area (Å²) in [5, 5.41) is 8.60. The summed E-state index contributed by atoms with van der Waals surface area (Å²) in [5.41, 5.74) is 2.77. The molecule has 1 amide bonds. The molecule has 1 unspecified atom stereocenters. The standard InChI is InChI=1S/C32H40N8O3/c1-22(40-21-28(35-36-40)27-17-30(41)38-16-6-5-12-29(38)34-27)26-14-13-24(18-33-26)37-15-8-11-25(20-37)39(19-23-9-7-10-23)31(42)43-32(2,3)4/h5-6,12-14,16-18,21-23,25H,7-11,15,19-20H2,1-4H3/t22?,25-/m1/s1. The van der Waals surface area contributed by atoms with Crippen molar-refractivity contribution in [2.45, 2.75) is 77.5 Å². The van der Waals surface area contributed by atoms with E-state index >= 15 is 0 Å². The molecule has 0 bridgehead atoms. The molecular weight excluding hydrogens is 544 g/mol. The Bertz CT molecular complexity index is 1640. The summed E-state index contributed by atoms with van der Waals surface area (Å²) in [6, 6.07) is 10.9. The molecule has 1 saturated carbocycles. The number of amides is 1. The van der Waals surface area contributed by atoms with Gasteiger partial charge < -0.3 is 14.5 Å². The van der Waals surface area contributed by atoms with Crippen LogP contribution in [0.15, 0.2) is 59.8 Å². The third-order valence-electron chi connectivity index (χ3n) is 8.45. The molecule has 0 spiro atoms. The zero-order valence-electron chi connectivity index (χ0n) is 25.4. The lowest BCUT2D eigenvalue weighted by atomic mass is 9.84. The summed E-state index contributed by atoms with van der Waals surface area (Å²) in [5.74, 6) is 0.570. The van der Waals surface area contributed by atoms with Gasteiger partial charge >= 0.3 is 6.09 Å². The molecule has 11 nitrogen and oxygen atoms in total. The normalized spacial score (nSPS) is 18.3. The Labute approximate surface area is 251 Å². The zero-order valence-corrected chi connectivity index (χ0v) is 25.4. The third kappa shape index (κ3) is 6.40. The van der Waals surface area contributed by atoms with Crippen molar-refractivity contribution in [1.29, 1.82) is 0 Å². The number of piperidine rings is 1. The molecule has 0 radical (unpaired) electrons. The second kappa shape index (κ2) is 11.8. The number of pyridine rings is 2. The first-order valence-corrected chi connectivity index (χ1v) is 15.3. The fraction of sp³-hybridized carbons (Fsp3) is 0.500. The monoisotopic (exact) mass is 584 g/mol. The van der Waals surface area contributed by atoms with E-state index in [1.807, 2.05) is 50.9 Å². The summed E-state index contributed by atoms with van der Waals surface area (Å²) >= 11 is 0. The topological polar surface area (TPSA) is 111 Å². The predicted molar refractivity (Wildman–Crippen MR) is 164 cm³/mol. The van der Waals surface area contributed by atoms with E-state index in [0.29, 0.717) is 23.0 Å². The molecule has 0 N–H and O–H groups in total. The van der Waals surface area contributed by atoms with Crippen molar-refractivity contribution in [3.05, 3.63) is 71.0 Å². The Morgan fingerprint density at radius 2 is 1.95 bits per heavy atom. The maximum Gasteiger partial charge on any atom is 0.410 e. The van der Waals surface area contributed by atoms with Gasteiger partial charge in [0.1, 0.15) is 22.6 Å². The highest BCUT2D eigenvalue weighted by Gasteiger charge is 2.34. The molecule has 0 aromatic carbocycles. The average Bonchev–Trinajstić information content (AvgIpc) is 3.46. The van der Waals surface area contributed by atoms with Crippen molar-refractivity contribution >= 4 is 17.4 Å². The molecule has 1 aliphatic heterocycles. The van der Waals surface area contributed by atoms with Crippen LogP contribution in [0.3, 0.4) is 0 Å². The fourth-order valence-corrected chi connectivity index (χ4v) is 5.83. The third-order valence-corrected chi connectivity index (χ3v) is 8.45. The Hall–Kier alpha value is -4.28. The minimum Gasteiger partial charge on any atom is -0.444 e. The number of hydrogen-bond donors (Lipinski definition) is 0. The van der Waals surface area contributed by atoms with E-state index in [1.54, 1.807) is 29.2 Å². The van der Waals surface area contributed by atoms with E-state index < -0.39 is 5.60 Å². The number of carbonyl (C=O) groups excluding carboxylic acids is 1. The summed E-state index contributed by atoms with van der Waals surface area (Å²) in [7, 11) is 0. The van der Waals surface area contributed by atoms with Crippen LogP contribution < -0.4 is 10.5 Å². The van der Waals surface area contributed by atoms with Crippen LogP contribution in [0.2, 0.25) is 0 Å². The molecule has 2 aliphatic rings. The number of ether oxygens (including phenoxy) is 1. The van der Waals surface area contributed by atoms with Gasteiger partial charge in [-0.1, -0.05) is 17.7 Å². The van der Waals surface area contributed by atoms with Crippen molar-refractivity contribution in [2.24, 2.45) is 5.92 Å². The SMILES string of the molecule is CC(c1ccc(N2CCC[C@@H](N(CC3CCC3)C(=O)OC(C)(C)C)C2)cn1)n1cc(-c2cc(=O)n3ccccc3n2)nn1. The lowest BCUT2D eigenvalue weighted by Crippen LogP contribution is -2.53. The van der Waals surface area contributed by atoms with Crippen LogP contribution in [0.5, 0.6) is 0 Å². The Morgan fingerprint density at radius 1 is 1.12 bits per heavy atom. The molecule has 226 valence electrons.